The summed E-state index contributed by atoms with van der Waals surface area (Å²) in [6.45, 7) is 2.27. The highest BCUT2D eigenvalue weighted by Crippen LogP contribution is 2.25. The summed E-state index contributed by atoms with van der Waals surface area (Å²) in [4.78, 5) is 2.97. The molecule has 0 saturated carbocycles. The lowest BCUT2D eigenvalue weighted by molar-refractivity contribution is 0.386. The number of hydrogen-bond acceptors (Lipinski definition) is 4. The molecule has 3 aromatic rings. The summed E-state index contributed by atoms with van der Waals surface area (Å²) >= 11 is 5.27. The molecule has 104 valence electrons. The molecule has 0 amide bonds. The number of aryl methyl sites for hydroxylation is 1. The van der Waals surface area contributed by atoms with Crippen LogP contribution in [0, 0.1) is 17.5 Å². The molecule has 7 heteroatoms. The van der Waals surface area contributed by atoms with Gasteiger partial charge in [0.1, 0.15) is 11.5 Å². The van der Waals surface area contributed by atoms with Crippen LogP contribution in [0.5, 0.6) is 5.75 Å². The second-order valence-electron chi connectivity index (χ2n) is 4.45. The second kappa shape index (κ2) is 4.75. The summed E-state index contributed by atoms with van der Waals surface area (Å²) in [5.41, 5.74) is 2.13. The number of nitrogens with zero attached hydrogens (tertiary/aromatic N) is 2. The van der Waals surface area contributed by atoms with Gasteiger partial charge in [-0.1, -0.05) is 5.16 Å². The van der Waals surface area contributed by atoms with E-state index in [1.165, 1.54) is 13.2 Å². The Labute approximate surface area is 119 Å². The van der Waals surface area contributed by atoms with Crippen molar-refractivity contribution < 1.29 is 13.7 Å². The molecule has 0 atom stereocenters. The van der Waals surface area contributed by atoms with E-state index in [0.717, 1.165) is 17.0 Å². The van der Waals surface area contributed by atoms with E-state index in [9.17, 15) is 4.39 Å². The van der Waals surface area contributed by atoms with Gasteiger partial charge in [-0.05, 0) is 19.1 Å². The summed E-state index contributed by atoms with van der Waals surface area (Å²) in [5.74, 6) is 0.479. The maximum absolute atomic E-state index is 13.7. The number of aromatic nitrogens is 3. The molecule has 2 heterocycles. The summed E-state index contributed by atoms with van der Waals surface area (Å²) < 4.78 is 26.0. The number of H-pyrrole nitrogens is 1. The van der Waals surface area contributed by atoms with E-state index in [4.69, 9.17) is 21.5 Å². The van der Waals surface area contributed by atoms with Gasteiger partial charge in [-0.25, -0.2) is 4.39 Å². The van der Waals surface area contributed by atoms with Gasteiger partial charge in [-0.15, -0.1) is 0 Å². The zero-order valence-electron chi connectivity index (χ0n) is 10.9. The largest absolute Gasteiger partial charge is 0.494 e. The van der Waals surface area contributed by atoms with Crippen LogP contribution >= 0.6 is 12.2 Å². The number of imidazole rings is 1. The van der Waals surface area contributed by atoms with Gasteiger partial charge < -0.3 is 18.8 Å². The minimum absolute atomic E-state index is 0.177. The van der Waals surface area contributed by atoms with Gasteiger partial charge in [0.05, 0.1) is 24.7 Å². The highest BCUT2D eigenvalue weighted by atomic mass is 32.1. The van der Waals surface area contributed by atoms with Crippen LogP contribution in [0.15, 0.2) is 22.7 Å². The number of methoxy groups -OCH3 is 1. The molecule has 0 spiro atoms. The van der Waals surface area contributed by atoms with E-state index < -0.39 is 5.82 Å². The van der Waals surface area contributed by atoms with E-state index in [-0.39, 0.29) is 5.75 Å². The van der Waals surface area contributed by atoms with Crippen LogP contribution in [0.3, 0.4) is 0 Å². The van der Waals surface area contributed by atoms with Crippen molar-refractivity contribution in [2.75, 3.05) is 7.11 Å². The molecule has 2 aromatic heterocycles. The first-order valence-corrected chi connectivity index (χ1v) is 6.37. The molecule has 5 nitrogen and oxygen atoms in total. The number of benzene rings is 1. The quantitative estimate of drug-likeness (QED) is 0.753. The average molecular weight is 293 g/mol. The Hall–Kier alpha value is -2.15. The molecule has 1 aromatic carbocycles. The average Bonchev–Trinajstić information content (AvgIpc) is 2.94. The lowest BCUT2D eigenvalue weighted by Gasteiger charge is -2.04. The van der Waals surface area contributed by atoms with Crippen LogP contribution in [-0.2, 0) is 6.54 Å². The van der Waals surface area contributed by atoms with Crippen molar-refractivity contribution in [3.8, 4) is 5.75 Å². The van der Waals surface area contributed by atoms with Crippen LogP contribution < -0.4 is 4.74 Å². The first-order valence-electron chi connectivity index (χ1n) is 5.96. The van der Waals surface area contributed by atoms with Crippen LogP contribution in [0.25, 0.3) is 11.0 Å². The lowest BCUT2D eigenvalue weighted by Crippen LogP contribution is -2.00. The van der Waals surface area contributed by atoms with Gasteiger partial charge in [-0.2, -0.15) is 0 Å². The summed E-state index contributed by atoms with van der Waals surface area (Å²) in [7, 11) is 1.43. The maximum Gasteiger partial charge on any atom is 0.178 e. The Morgan fingerprint density at radius 1 is 1.45 bits per heavy atom. The first kappa shape index (κ1) is 12.9. The molecule has 3 rings (SSSR count). The topological polar surface area (TPSA) is 56.0 Å². The predicted octanol–water partition coefficient (Wildman–Crippen LogP) is 3.19. The van der Waals surface area contributed by atoms with Crippen molar-refractivity contribution in [2.45, 2.75) is 13.5 Å². The number of aromatic amines is 1. The summed E-state index contributed by atoms with van der Waals surface area (Å²) in [6.07, 6.45) is 0. The van der Waals surface area contributed by atoms with Gasteiger partial charge in [-0.3, -0.25) is 0 Å². The minimum atomic E-state index is -0.430. The van der Waals surface area contributed by atoms with Crippen LogP contribution in [0.2, 0.25) is 0 Å². The number of ether oxygens (including phenoxy) is 1. The van der Waals surface area contributed by atoms with Crippen molar-refractivity contribution >= 4 is 23.3 Å². The zero-order valence-corrected chi connectivity index (χ0v) is 11.8. The van der Waals surface area contributed by atoms with Crippen molar-refractivity contribution in [3.63, 3.8) is 0 Å². The fourth-order valence-electron chi connectivity index (χ4n) is 2.13. The van der Waals surface area contributed by atoms with Gasteiger partial charge in [0, 0.05) is 18.2 Å². The number of rotatable bonds is 3. The van der Waals surface area contributed by atoms with Gasteiger partial charge in [0.2, 0.25) is 0 Å². The van der Waals surface area contributed by atoms with Gasteiger partial charge in [0.25, 0.3) is 0 Å². The van der Waals surface area contributed by atoms with Crippen molar-refractivity contribution in [1.82, 2.24) is 14.7 Å². The van der Waals surface area contributed by atoms with E-state index in [2.05, 4.69) is 10.1 Å². The third-order valence-corrected chi connectivity index (χ3v) is 3.37. The highest BCUT2D eigenvalue weighted by molar-refractivity contribution is 7.71. The Morgan fingerprint density at radius 2 is 2.25 bits per heavy atom. The standard InChI is InChI=1S/C13H12FN3O2S/c1-7-3-8(16-19-7)6-17-11-5-12(18-2)9(14)4-10(11)15-13(17)20/h3-5H,6H2,1-2H3,(H,15,20). The Bertz CT molecular complexity index is 834. The van der Waals surface area contributed by atoms with Crippen molar-refractivity contribution in [3.05, 3.63) is 40.2 Å². The second-order valence-corrected chi connectivity index (χ2v) is 4.84. The molecule has 0 fully saturated rings. The van der Waals surface area contributed by atoms with Crippen molar-refractivity contribution in [2.24, 2.45) is 0 Å². The predicted molar refractivity (Wildman–Crippen MR) is 74.0 cm³/mol. The number of halogens is 1. The van der Waals surface area contributed by atoms with Gasteiger partial charge >= 0.3 is 0 Å². The molecule has 20 heavy (non-hydrogen) atoms. The first-order chi connectivity index (χ1) is 9.58. The van der Waals surface area contributed by atoms with E-state index in [0.29, 0.717) is 16.8 Å². The summed E-state index contributed by atoms with van der Waals surface area (Å²) in [5, 5.41) is 3.94. The fourth-order valence-corrected chi connectivity index (χ4v) is 2.40. The molecule has 0 unspecified atom stereocenters. The molecule has 0 aliphatic heterocycles. The lowest BCUT2D eigenvalue weighted by atomic mass is 10.2. The van der Waals surface area contributed by atoms with Crippen LogP contribution in [0.4, 0.5) is 4.39 Å². The molecule has 0 radical (unpaired) electrons. The summed E-state index contributed by atoms with van der Waals surface area (Å²) in [6, 6.07) is 4.82. The van der Waals surface area contributed by atoms with Gasteiger partial charge in [0.15, 0.2) is 16.3 Å². The molecule has 1 N–H and O–H groups in total. The third-order valence-electron chi connectivity index (χ3n) is 3.04. The molecule has 0 aliphatic carbocycles. The van der Waals surface area contributed by atoms with Crippen LogP contribution in [0.1, 0.15) is 11.5 Å². The molecule has 0 bridgehead atoms. The SMILES string of the molecule is COc1cc2c(cc1F)[nH]c(=S)n2Cc1cc(C)on1. The third kappa shape index (κ3) is 2.09. The number of hydrogen-bond donors (Lipinski definition) is 1. The fraction of sp³-hybridized carbons (Fsp3) is 0.231. The maximum atomic E-state index is 13.7. The highest BCUT2D eigenvalue weighted by Gasteiger charge is 2.12. The monoisotopic (exact) mass is 293 g/mol. The molecule has 0 aliphatic rings. The van der Waals surface area contributed by atoms with E-state index in [1.807, 2.05) is 17.6 Å². The normalized spacial score (nSPS) is 11.2. The Balaban J connectivity index is 2.14. The number of fused-ring (bicyclic) bond motifs is 1. The molecular formula is C13H12FN3O2S. The zero-order chi connectivity index (χ0) is 14.3. The Kier molecular flexibility index (Phi) is 3.06. The molecular weight excluding hydrogens is 281 g/mol. The van der Waals surface area contributed by atoms with Crippen molar-refractivity contribution in [1.29, 1.82) is 0 Å². The van der Waals surface area contributed by atoms with E-state index in [1.54, 1.807) is 6.07 Å². The van der Waals surface area contributed by atoms with Crippen LogP contribution in [-0.4, -0.2) is 21.8 Å². The smallest absolute Gasteiger partial charge is 0.178 e. The van der Waals surface area contributed by atoms with E-state index >= 15 is 0 Å². The minimum Gasteiger partial charge on any atom is -0.494 e. The Morgan fingerprint density at radius 3 is 2.90 bits per heavy atom. The number of nitrogens with one attached hydrogen (secondary N) is 1. The molecule has 0 saturated heterocycles.